The smallest absolute Gasteiger partial charge is 0.336 e. The van der Waals surface area contributed by atoms with Crippen LogP contribution in [-0.2, 0) is 11.3 Å². The van der Waals surface area contributed by atoms with E-state index in [9.17, 15) is 9.59 Å². The van der Waals surface area contributed by atoms with Crippen molar-refractivity contribution < 1.29 is 19.4 Å². The van der Waals surface area contributed by atoms with E-state index in [1.165, 1.54) is 11.3 Å². The largest absolute Gasteiger partial charge is 0.484 e. The molecule has 0 saturated heterocycles. The summed E-state index contributed by atoms with van der Waals surface area (Å²) in [5, 5.41) is 13.6. The summed E-state index contributed by atoms with van der Waals surface area (Å²) in [6.07, 6.45) is 0. The van der Waals surface area contributed by atoms with Crippen molar-refractivity contribution in [2.45, 2.75) is 6.54 Å². The van der Waals surface area contributed by atoms with Gasteiger partial charge in [-0.1, -0.05) is 6.07 Å². The molecule has 6 nitrogen and oxygen atoms in total. The summed E-state index contributed by atoms with van der Waals surface area (Å²) in [4.78, 5) is 22.4. The second kappa shape index (κ2) is 6.76. The van der Waals surface area contributed by atoms with E-state index in [-0.39, 0.29) is 12.2 Å². The second-order valence-corrected chi connectivity index (χ2v) is 5.24. The minimum atomic E-state index is -0.931. The Kier molecular flexibility index (Phi) is 4.78. The van der Waals surface area contributed by atoms with Gasteiger partial charge in [0.25, 0.3) is 5.91 Å². The Labute approximate surface area is 125 Å². The molecule has 0 fully saturated rings. The molecule has 2 rings (SSSR count). The predicted molar refractivity (Wildman–Crippen MR) is 79.7 cm³/mol. The normalized spacial score (nSPS) is 10.1. The number of thiophene rings is 1. The van der Waals surface area contributed by atoms with Gasteiger partial charge in [0.2, 0.25) is 0 Å². The van der Waals surface area contributed by atoms with E-state index in [0.29, 0.717) is 12.3 Å². The lowest BCUT2D eigenvalue weighted by Gasteiger charge is -2.08. The number of benzene rings is 1. The molecule has 4 N–H and O–H groups in total. The van der Waals surface area contributed by atoms with Crippen molar-refractivity contribution in [1.82, 2.24) is 0 Å². The first-order chi connectivity index (χ1) is 10.0. The molecule has 1 heterocycles. The van der Waals surface area contributed by atoms with Gasteiger partial charge >= 0.3 is 5.97 Å². The Hall–Kier alpha value is -2.54. The summed E-state index contributed by atoms with van der Waals surface area (Å²) in [6, 6.07) is 8.74. The number of primary amides is 1. The quantitative estimate of drug-likeness (QED) is 0.725. The molecule has 1 aromatic carbocycles. The number of nitrogens with one attached hydrogen (secondary N) is 1. The zero-order valence-electron chi connectivity index (χ0n) is 11.0. The highest BCUT2D eigenvalue weighted by molar-refractivity contribution is 7.10. The van der Waals surface area contributed by atoms with Crippen LogP contribution in [-0.4, -0.2) is 23.6 Å². The maximum absolute atomic E-state index is 10.8. The van der Waals surface area contributed by atoms with Gasteiger partial charge in [0.15, 0.2) is 6.61 Å². The van der Waals surface area contributed by atoms with Gasteiger partial charge in [-0.2, -0.15) is 0 Å². The molecule has 1 aromatic heterocycles. The van der Waals surface area contributed by atoms with Gasteiger partial charge in [-0.25, -0.2) is 4.79 Å². The number of hydrogen-bond donors (Lipinski definition) is 3. The maximum atomic E-state index is 10.8. The van der Waals surface area contributed by atoms with Crippen LogP contribution in [0.2, 0.25) is 0 Å². The number of carboxylic acid groups (broad SMARTS) is 1. The molecule has 21 heavy (non-hydrogen) atoms. The third-order valence-electron chi connectivity index (χ3n) is 2.58. The third-order valence-corrected chi connectivity index (χ3v) is 3.52. The van der Waals surface area contributed by atoms with E-state index >= 15 is 0 Å². The average molecular weight is 306 g/mol. The molecular formula is C14H14N2O4S. The Morgan fingerprint density at radius 2 is 2.14 bits per heavy atom. The molecule has 0 unspecified atom stereocenters. The summed E-state index contributed by atoms with van der Waals surface area (Å²) in [5.41, 5.74) is 6.11. The fourth-order valence-electron chi connectivity index (χ4n) is 1.62. The molecule has 0 aliphatic rings. The molecule has 0 atom stereocenters. The molecule has 1 amide bonds. The summed E-state index contributed by atoms with van der Waals surface area (Å²) in [6.45, 7) is 0.341. The van der Waals surface area contributed by atoms with Crippen molar-refractivity contribution in [2.75, 3.05) is 11.9 Å². The van der Waals surface area contributed by atoms with Crippen molar-refractivity contribution in [2.24, 2.45) is 5.73 Å². The zero-order valence-corrected chi connectivity index (χ0v) is 11.9. The number of hydrogen-bond acceptors (Lipinski definition) is 5. The molecule has 0 bridgehead atoms. The minimum Gasteiger partial charge on any atom is -0.484 e. The molecule has 0 saturated carbocycles. The third kappa shape index (κ3) is 4.50. The Balaban J connectivity index is 1.94. The minimum absolute atomic E-state index is 0.170. The average Bonchev–Trinajstić information content (AvgIpc) is 2.92. The van der Waals surface area contributed by atoms with Crippen molar-refractivity contribution in [1.29, 1.82) is 0 Å². The number of rotatable bonds is 7. The summed E-state index contributed by atoms with van der Waals surface area (Å²) in [5.74, 6) is -0.927. The molecule has 110 valence electrons. The van der Waals surface area contributed by atoms with Crippen molar-refractivity contribution in [3.8, 4) is 5.75 Å². The monoisotopic (exact) mass is 306 g/mol. The first-order valence-electron chi connectivity index (χ1n) is 6.10. The number of amides is 1. The van der Waals surface area contributed by atoms with Crippen LogP contribution < -0.4 is 15.8 Å². The van der Waals surface area contributed by atoms with Gasteiger partial charge in [0.05, 0.1) is 5.56 Å². The summed E-state index contributed by atoms with van der Waals surface area (Å²) < 4.78 is 5.21. The highest BCUT2D eigenvalue weighted by Crippen LogP contribution is 2.20. The number of carbonyl (C=O) groups is 2. The van der Waals surface area contributed by atoms with Crippen LogP contribution >= 0.6 is 11.3 Å². The summed E-state index contributed by atoms with van der Waals surface area (Å²) in [7, 11) is 0. The van der Waals surface area contributed by atoms with Crippen LogP contribution in [0.25, 0.3) is 0 Å². The first kappa shape index (κ1) is 14.9. The van der Waals surface area contributed by atoms with Crippen LogP contribution in [0.4, 0.5) is 5.69 Å². The van der Waals surface area contributed by atoms with Gasteiger partial charge in [-0.15, -0.1) is 11.3 Å². The fraction of sp³-hybridized carbons (Fsp3) is 0.143. The Morgan fingerprint density at radius 1 is 1.33 bits per heavy atom. The zero-order chi connectivity index (χ0) is 15.2. The molecule has 0 radical (unpaired) electrons. The number of anilines is 1. The number of carboxylic acids is 1. The summed E-state index contributed by atoms with van der Waals surface area (Å²) >= 11 is 1.38. The lowest BCUT2D eigenvalue weighted by atomic mass is 10.3. The molecule has 2 aromatic rings. The van der Waals surface area contributed by atoms with Crippen LogP contribution in [0.1, 0.15) is 15.2 Å². The predicted octanol–water partition coefficient (Wildman–Crippen LogP) is 1.92. The van der Waals surface area contributed by atoms with Gasteiger partial charge < -0.3 is 20.9 Å². The van der Waals surface area contributed by atoms with E-state index in [4.69, 9.17) is 15.6 Å². The molecule has 0 aliphatic carbocycles. The number of carbonyl (C=O) groups excluding carboxylic acids is 1. The second-order valence-electron chi connectivity index (χ2n) is 4.24. The number of aromatic carboxylic acids is 1. The SMILES string of the molecule is NC(=O)COc1cccc(NCc2cc(C(=O)O)cs2)c1. The first-order valence-corrected chi connectivity index (χ1v) is 6.98. The van der Waals surface area contributed by atoms with Gasteiger partial charge in [0, 0.05) is 28.6 Å². The highest BCUT2D eigenvalue weighted by Gasteiger charge is 2.06. The molecular weight excluding hydrogens is 292 g/mol. The lowest BCUT2D eigenvalue weighted by Crippen LogP contribution is -2.20. The van der Waals surface area contributed by atoms with Crippen LogP contribution in [0, 0.1) is 0 Å². The molecule has 7 heteroatoms. The number of nitrogens with two attached hydrogens (primary N) is 1. The van der Waals surface area contributed by atoms with Crippen LogP contribution in [0.3, 0.4) is 0 Å². The van der Waals surface area contributed by atoms with E-state index in [0.717, 1.165) is 10.6 Å². The standard InChI is InChI=1S/C14H14N2O4S/c15-13(17)7-20-11-3-1-2-10(5-11)16-6-12-4-9(8-21-12)14(18)19/h1-5,8,16H,6-7H2,(H2,15,17)(H,18,19). The van der Waals surface area contributed by atoms with E-state index in [1.807, 2.05) is 6.07 Å². The van der Waals surface area contributed by atoms with E-state index in [2.05, 4.69) is 5.32 Å². The number of ether oxygens (including phenoxy) is 1. The Bertz CT molecular complexity index is 654. The fourth-order valence-corrected chi connectivity index (χ4v) is 2.42. The highest BCUT2D eigenvalue weighted by atomic mass is 32.1. The molecule has 0 aliphatic heterocycles. The Morgan fingerprint density at radius 3 is 2.81 bits per heavy atom. The van der Waals surface area contributed by atoms with E-state index in [1.54, 1.807) is 29.6 Å². The van der Waals surface area contributed by atoms with Crippen molar-refractivity contribution >= 4 is 28.9 Å². The topological polar surface area (TPSA) is 102 Å². The van der Waals surface area contributed by atoms with Crippen molar-refractivity contribution in [3.05, 3.63) is 46.2 Å². The van der Waals surface area contributed by atoms with E-state index < -0.39 is 11.9 Å². The van der Waals surface area contributed by atoms with Gasteiger partial charge in [-0.05, 0) is 18.2 Å². The van der Waals surface area contributed by atoms with Crippen LogP contribution in [0.5, 0.6) is 5.75 Å². The van der Waals surface area contributed by atoms with Gasteiger partial charge in [0.1, 0.15) is 5.75 Å². The van der Waals surface area contributed by atoms with Gasteiger partial charge in [-0.3, -0.25) is 4.79 Å². The molecule has 0 spiro atoms. The van der Waals surface area contributed by atoms with Crippen molar-refractivity contribution in [3.63, 3.8) is 0 Å². The maximum Gasteiger partial charge on any atom is 0.336 e. The lowest BCUT2D eigenvalue weighted by molar-refractivity contribution is -0.119. The van der Waals surface area contributed by atoms with Crippen LogP contribution in [0.15, 0.2) is 35.7 Å².